The summed E-state index contributed by atoms with van der Waals surface area (Å²) in [5.41, 5.74) is -0.787. The van der Waals surface area contributed by atoms with Crippen molar-refractivity contribution >= 4 is 11.8 Å². The fraction of sp³-hybridized carbons (Fsp3) is 0.846. The van der Waals surface area contributed by atoms with Gasteiger partial charge in [-0.05, 0) is 25.2 Å². The van der Waals surface area contributed by atoms with Crippen molar-refractivity contribution in [1.82, 2.24) is 0 Å². The van der Waals surface area contributed by atoms with Gasteiger partial charge in [-0.25, -0.2) is 0 Å². The SMILES string of the molecule is CCCC(=O)C1(C(=O)OC)CC(CCC)C1. The first kappa shape index (κ1) is 13.2. The highest BCUT2D eigenvalue weighted by Crippen LogP contribution is 2.49. The minimum atomic E-state index is -0.787. The zero-order chi connectivity index (χ0) is 12.2. The van der Waals surface area contributed by atoms with Gasteiger partial charge < -0.3 is 4.74 Å². The summed E-state index contributed by atoms with van der Waals surface area (Å²) in [5, 5.41) is 0. The zero-order valence-electron chi connectivity index (χ0n) is 10.5. The van der Waals surface area contributed by atoms with Crippen molar-refractivity contribution in [2.45, 2.75) is 52.4 Å². The number of Topliss-reactive ketones (excluding diaryl/α,β-unsaturated/α-hetero) is 1. The van der Waals surface area contributed by atoms with Crippen LogP contribution in [-0.4, -0.2) is 18.9 Å². The Balaban J connectivity index is 2.67. The molecule has 0 atom stereocenters. The number of hydrogen-bond donors (Lipinski definition) is 0. The molecule has 0 saturated heterocycles. The normalized spacial score (nSPS) is 28.3. The van der Waals surface area contributed by atoms with Gasteiger partial charge in [-0.15, -0.1) is 0 Å². The van der Waals surface area contributed by atoms with Crippen molar-refractivity contribution < 1.29 is 14.3 Å². The molecule has 0 amide bonds. The maximum atomic E-state index is 12.0. The van der Waals surface area contributed by atoms with E-state index in [1.807, 2.05) is 6.92 Å². The zero-order valence-corrected chi connectivity index (χ0v) is 10.5. The highest BCUT2D eigenvalue weighted by Gasteiger charge is 2.55. The third-order valence-electron chi connectivity index (χ3n) is 3.56. The molecule has 1 aliphatic carbocycles. The first-order chi connectivity index (χ1) is 7.60. The van der Waals surface area contributed by atoms with Gasteiger partial charge >= 0.3 is 5.97 Å². The third kappa shape index (κ3) is 2.28. The second kappa shape index (κ2) is 5.46. The monoisotopic (exact) mass is 226 g/mol. The number of ketones is 1. The van der Waals surface area contributed by atoms with Gasteiger partial charge in [-0.2, -0.15) is 0 Å². The van der Waals surface area contributed by atoms with E-state index < -0.39 is 5.41 Å². The van der Waals surface area contributed by atoms with Gasteiger partial charge in [0.2, 0.25) is 0 Å². The van der Waals surface area contributed by atoms with E-state index >= 15 is 0 Å². The first-order valence-corrected chi connectivity index (χ1v) is 6.22. The summed E-state index contributed by atoms with van der Waals surface area (Å²) in [4.78, 5) is 23.7. The van der Waals surface area contributed by atoms with Crippen LogP contribution in [0, 0.1) is 11.3 Å². The topological polar surface area (TPSA) is 43.4 Å². The Labute approximate surface area is 97.5 Å². The molecule has 16 heavy (non-hydrogen) atoms. The van der Waals surface area contributed by atoms with Crippen LogP contribution < -0.4 is 0 Å². The van der Waals surface area contributed by atoms with Crippen molar-refractivity contribution in [1.29, 1.82) is 0 Å². The molecule has 3 heteroatoms. The quantitative estimate of drug-likeness (QED) is 0.516. The molecule has 0 aliphatic heterocycles. The Kier molecular flexibility index (Phi) is 4.51. The van der Waals surface area contributed by atoms with Crippen LogP contribution in [0.25, 0.3) is 0 Å². The minimum absolute atomic E-state index is 0.0780. The highest BCUT2D eigenvalue weighted by atomic mass is 16.5. The molecule has 0 aromatic carbocycles. The minimum Gasteiger partial charge on any atom is -0.468 e. The van der Waals surface area contributed by atoms with Gasteiger partial charge in [-0.3, -0.25) is 9.59 Å². The maximum Gasteiger partial charge on any atom is 0.319 e. The van der Waals surface area contributed by atoms with Crippen molar-refractivity contribution in [2.75, 3.05) is 7.11 Å². The fourth-order valence-corrected chi connectivity index (χ4v) is 2.71. The lowest BCUT2D eigenvalue weighted by atomic mass is 9.58. The van der Waals surface area contributed by atoms with E-state index in [2.05, 4.69) is 6.92 Å². The second-order valence-electron chi connectivity index (χ2n) is 4.81. The molecule has 3 nitrogen and oxygen atoms in total. The third-order valence-corrected chi connectivity index (χ3v) is 3.56. The summed E-state index contributed by atoms with van der Waals surface area (Å²) in [6.07, 6.45) is 4.92. The molecule has 0 N–H and O–H groups in total. The van der Waals surface area contributed by atoms with E-state index in [0.717, 1.165) is 19.3 Å². The van der Waals surface area contributed by atoms with Crippen LogP contribution >= 0.6 is 0 Å². The fourth-order valence-electron chi connectivity index (χ4n) is 2.71. The molecule has 0 aromatic heterocycles. The number of carbonyl (C=O) groups excluding carboxylic acids is 2. The molecule has 92 valence electrons. The van der Waals surface area contributed by atoms with Crippen LogP contribution in [0.3, 0.4) is 0 Å². The highest BCUT2D eigenvalue weighted by molar-refractivity contribution is 6.04. The predicted octanol–water partition coefficient (Wildman–Crippen LogP) is 2.73. The summed E-state index contributed by atoms with van der Waals surface area (Å²) >= 11 is 0. The van der Waals surface area contributed by atoms with Gasteiger partial charge in [-0.1, -0.05) is 26.7 Å². The van der Waals surface area contributed by atoms with E-state index in [4.69, 9.17) is 4.74 Å². The molecular formula is C13H22O3. The summed E-state index contributed by atoms with van der Waals surface area (Å²) < 4.78 is 4.79. The largest absolute Gasteiger partial charge is 0.468 e. The Bertz CT molecular complexity index is 264. The average Bonchev–Trinajstić information content (AvgIpc) is 2.22. The standard InChI is InChI=1S/C13H22O3/c1-4-6-10-8-13(9-10,12(15)16-3)11(14)7-5-2/h10H,4-9H2,1-3H3. The van der Waals surface area contributed by atoms with Crippen LogP contribution in [0.5, 0.6) is 0 Å². The van der Waals surface area contributed by atoms with E-state index in [-0.39, 0.29) is 11.8 Å². The lowest BCUT2D eigenvalue weighted by Crippen LogP contribution is -2.50. The van der Waals surface area contributed by atoms with Gasteiger partial charge in [0.1, 0.15) is 11.2 Å². The van der Waals surface area contributed by atoms with Gasteiger partial charge in [0.25, 0.3) is 0 Å². The molecule has 1 fully saturated rings. The molecule has 0 heterocycles. The number of esters is 1. The molecule has 0 spiro atoms. The molecule has 1 aliphatic rings. The van der Waals surface area contributed by atoms with Gasteiger partial charge in [0.15, 0.2) is 0 Å². The summed E-state index contributed by atoms with van der Waals surface area (Å²) in [6.45, 7) is 4.09. The first-order valence-electron chi connectivity index (χ1n) is 6.22. The van der Waals surface area contributed by atoms with Crippen molar-refractivity contribution in [3.63, 3.8) is 0 Å². The molecular weight excluding hydrogens is 204 g/mol. The molecule has 1 rings (SSSR count). The number of carbonyl (C=O) groups is 2. The molecule has 0 bridgehead atoms. The van der Waals surface area contributed by atoms with Crippen LogP contribution in [0.1, 0.15) is 52.4 Å². The molecule has 1 saturated carbocycles. The second-order valence-corrected chi connectivity index (χ2v) is 4.81. The lowest BCUT2D eigenvalue weighted by molar-refractivity contribution is -0.168. The number of ether oxygens (including phenoxy) is 1. The van der Waals surface area contributed by atoms with E-state index in [1.54, 1.807) is 0 Å². The Morgan fingerprint density at radius 3 is 2.31 bits per heavy atom. The Morgan fingerprint density at radius 1 is 1.25 bits per heavy atom. The lowest BCUT2D eigenvalue weighted by Gasteiger charge is -2.44. The molecule has 0 radical (unpaired) electrons. The Hall–Kier alpha value is -0.860. The van der Waals surface area contributed by atoms with Crippen LogP contribution in [0.4, 0.5) is 0 Å². The molecule has 0 aromatic rings. The summed E-state index contributed by atoms with van der Waals surface area (Å²) in [7, 11) is 1.37. The van der Waals surface area contributed by atoms with E-state index in [9.17, 15) is 9.59 Å². The van der Waals surface area contributed by atoms with Crippen molar-refractivity contribution in [2.24, 2.45) is 11.3 Å². The number of rotatable bonds is 6. The van der Waals surface area contributed by atoms with E-state index in [0.29, 0.717) is 25.2 Å². The molecule has 0 unspecified atom stereocenters. The van der Waals surface area contributed by atoms with Crippen LogP contribution in [0.15, 0.2) is 0 Å². The number of hydrogen-bond acceptors (Lipinski definition) is 3. The number of methoxy groups -OCH3 is 1. The average molecular weight is 226 g/mol. The van der Waals surface area contributed by atoms with E-state index in [1.165, 1.54) is 7.11 Å². The Morgan fingerprint density at radius 2 is 1.88 bits per heavy atom. The summed E-state index contributed by atoms with van der Waals surface area (Å²) in [6, 6.07) is 0. The predicted molar refractivity (Wildman–Crippen MR) is 62.0 cm³/mol. The van der Waals surface area contributed by atoms with Gasteiger partial charge in [0, 0.05) is 6.42 Å². The van der Waals surface area contributed by atoms with Gasteiger partial charge in [0.05, 0.1) is 7.11 Å². The van der Waals surface area contributed by atoms with Crippen LogP contribution in [0.2, 0.25) is 0 Å². The van der Waals surface area contributed by atoms with Crippen molar-refractivity contribution in [3.05, 3.63) is 0 Å². The van der Waals surface area contributed by atoms with Crippen LogP contribution in [-0.2, 0) is 14.3 Å². The smallest absolute Gasteiger partial charge is 0.319 e. The van der Waals surface area contributed by atoms with Crippen molar-refractivity contribution in [3.8, 4) is 0 Å². The summed E-state index contributed by atoms with van der Waals surface area (Å²) in [5.74, 6) is 0.289. The maximum absolute atomic E-state index is 12.0.